The predicted octanol–water partition coefficient (Wildman–Crippen LogP) is 14.0. The molecule has 20 heteroatoms. The molecule has 10 rings (SSSR count). The molecule has 20 nitrogen and oxygen atoms in total. The molecule has 0 aromatic rings. The van der Waals surface area contributed by atoms with E-state index >= 15 is 0 Å². The molecule has 0 aromatic heterocycles. The Hall–Kier alpha value is -3.18. The van der Waals surface area contributed by atoms with Crippen molar-refractivity contribution >= 4 is 11.7 Å². The summed E-state index contributed by atoms with van der Waals surface area (Å²) < 4.78 is 0. The van der Waals surface area contributed by atoms with E-state index in [-0.39, 0.29) is 137 Å². The van der Waals surface area contributed by atoms with Crippen molar-refractivity contribution in [1.29, 1.82) is 0 Å². The Morgan fingerprint density at radius 3 is 0.663 bits per heavy atom. The first-order chi connectivity index (χ1) is 47.0. The highest BCUT2D eigenvalue weighted by Crippen LogP contribution is 2.45. The SMILES string of the molecule is CC1(C)CC(ON2N=C(N(CCCCCCN(C3=NN(OC4CC(C)(C)NC(C)(C)C4)NC(N(C4CC(C)(C)NC(C)(C)C4)C4CC(C)(C)NC(C)(C)C4)=C3)C3CC(C)(C)NC(C)(C)C3)C3CC(C)(C)NC(C)(C)C3)C=C(N(C3CC(C)(C)NC(C)(C)C3)C3CC(C)(C)NC(C)(C)C3)N2)CC(C)(C)N1. The summed E-state index contributed by atoms with van der Waals surface area (Å²) in [4.78, 5) is 25.9. The zero-order valence-electron chi connectivity index (χ0n) is 72.7. The number of nitrogens with zero attached hydrogens (tertiary/aromatic N) is 8. The zero-order chi connectivity index (χ0) is 77.3. The minimum atomic E-state index is -0.114. The number of hydrogen-bond donors (Lipinski definition) is 10. The lowest BCUT2D eigenvalue weighted by Gasteiger charge is -2.57. The van der Waals surface area contributed by atoms with Gasteiger partial charge in [0.2, 0.25) is 0 Å². The van der Waals surface area contributed by atoms with Gasteiger partial charge in [0.05, 0.1) is 12.2 Å². The molecule has 0 saturated carbocycles. The number of nitrogens with one attached hydrogen (secondary N) is 10. The van der Waals surface area contributed by atoms with Crippen LogP contribution in [0.4, 0.5) is 0 Å². The maximum absolute atomic E-state index is 7.37. The maximum atomic E-state index is 7.37. The molecule has 0 spiro atoms. The van der Waals surface area contributed by atoms with Crippen LogP contribution < -0.4 is 53.4 Å². The van der Waals surface area contributed by atoms with Gasteiger partial charge in [-0.3, -0.25) is 0 Å². The smallest absolute Gasteiger partial charge is 0.157 e. The van der Waals surface area contributed by atoms with Crippen LogP contribution in [0.1, 0.15) is 350 Å². The van der Waals surface area contributed by atoms with Crippen LogP contribution in [0.25, 0.3) is 0 Å². The molecule has 598 valence electrons. The van der Waals surface area contributed by atoms with Gasteiger partial charge in [-0.25, -0.2) is 20.5 Å². The normalized spacial score (nSPS) is 30.0. The Morgan fingerprint density at radius 2 is 0.462 bits per heavy atom. The van der Waals surface area contributed by atoms with Crippen LogP contribution in [0, 0.1) is 0 Å². The fourth-order valence-corrected chi connectivity index (χ4v) is 24.4. The van der Waals surface area contributed by atoms with Gasteiger partial charge in [-0.2, -0.15) is 0 Å². The van der Waals surface area contributed by atoms with E-state index in [4.69, 9.17) is 19.9 Å². The second-order valence-corrected chi connectivity index (χ2v) is 46.1. The van der Waals surface area contributed by atoms with Gasteiger partial charge in [-0.05, 0) is 337 Å². The lowest BCUT2D eigenvalue weighted by molar-refractivity contribution is -0.246. The van der Waals surface area contributed by atoms with E-state index in [0.29, 0.717) is 0 Å². The number of piperidine rings is 8. The standard InChI is InChI=1S/C84H160N18O2/c1-69(2)41-57(42-70(3,4)89-69)97(65-39-67(87-101(85-65)103-63-53-81(25,26)95-82(27,28)54-63)99(59-45-73(9,10)91-74(11,12)46-59)60-47-75(13,14)92-76(15,16)48-60)37-35-33-34-36-38-98(58-43-71(5,6)90-72(7,8)44-58)66-40-68(88-102(86-66)104-64-55-83(29,30)96-84(31,32)56-64)100(61-49-77(17,18)93-78(19,20)50-61)62-51-79(21,22)94-80(23,24)52-62/h39-40,57-64,87-96H,33-38,41-56H2,1-32H3. The van der Waals surface area contributed by atoms with Crippen molar-refractivity contribution in [2.75, 3.05) is 13.1 Å². The first kappa shape index (κ1) is 83.3. The van der Waals surface area contributed by atoms with Crippen molar-refractivity contribution < 1.29 is 9.68 Å². The fraction of sp³-hybridized carbons (Fsp3) is 0.929. The minimum Gasteiger partial charge on any atom is -0.352 e. The first-order valence-electron chi connectivity index (χ1n) is 41.6. The van der Waals surface area contributed by atoms with Crippen LogP contribution in [0.2, 0.25) is 0 Å². The summed E-state index contributed by atoms with van der Waals surface area (Å²) in [6.45, 7) is 78.2. The molecule has 0 unspecified atom stereocenters. The van der Waals surface area contributed by atoms with Gasteiger partial charge in [-0.1, -0.05) is 23.4 Å². The number of hydrogen-bond acceptors (Lipinski definition) is 20. The third-order valence-electron chi connectivity index (χ3n) is 24.3. The quantitative estimate of drug-likeness (QED) is 0.0551. The molecule has 0 aromatic carbocycles. The van der Waals surface area contributed by atoms with E-state index in [2.05, 4.69) is 307 Å². The van der Waals surface area contributed by atoms with Crippen LogP contribution in [-0.2, 0) is 9.68 Å². The molecule has 0 aliphatic carbocycles. The van der Waals surface area contributed by atoms with Gasteiger partial charge in [-0.15, -0.1) is 10.2 Å². The van der Waals surface area contributed by atoms with Crippen molar-refractivity contribution in [2.45, 2.75) is 487 Å². The van der Waals surface area contributed by atoms with E-state index in [1.165, 1.54) is 0 Å². The van der Waals surface area contributed by atoms with Crippen molar-refractivity contribution in [3.63, 3.8) is 0 Å². The monoisotopic (exact) mass is 1450 g/mol. The lowest BCUT2D eigenvalue weighted by atomic mass is 9.75. The summed E-state index contributed by atoms with van der Waals surface area (Å²) in [5, 5.41) is 47.4. The van der Waals surface area contributed by atoms with Crippen LogP contribution >= 0.6 is 0 Å². The third kappa shape index (κ3) is 22.3. The molecule has 8 saturated heterocycles. The first-order valence-corrected chi connectivity index (χ1v) is 41.6. The Kier molecular flexibility index (Phi) is 22.9. The summed E-state index contributed by atoms with van der Waals surface area (Å²) in [6.07, 6.45) is 24.6. The molecule has 10 aliphatic heterocycles. The van der Waals surface area contributed by atoms with E-state index in [0.717, 1.165) is 165 Å². The van der Waals surface area contributed by atoms with E-state index in [1.807, 2.05) is 10.6 Å². The lowest BCUT2D eigenvalue weighted by Crippen LogP contribution is -2.68. The Morgan fingerprint density at radius 1 is 0.279 bits per heavy atom. The molecule has 104 heavy (non-hydrogen) atoms. The van der Waals surface area contributed by atoms with E-state index < -0.39 is 0 Å². The van der Waals surface area contributed by atoms with E-state index in [1.54, 1.807) is 0 Å². The molecule has 8 fully saturated rings. The fourth-order valence-electron chi connectivity index (χ4n) is 24.4. The van der Waals surface area contributed by atoms with Crippen LogP contribution in [-0.4, -0.2) is 192 Å². The number of rotatable bonds is 19. The van der Waals surface area contributed by atoms with Gasteiger partial charge in [0.15, 0.2) is 11.7 Å². The molecule has 10 aliphatic rings. The van der Waals surface area contributed by atoms with Gasteiger partial charge in [0, 0.05) is 150 Å². The largest absolute Gasteiger partial charge is 0.352 e. The highest BCUT2D eigenvalue weighted by atomic mass is 16.8. The zero-order valence-corrected chi connectivity index (χ0v) is 72.7. The third-order valence-corrected chi connectivity index (χ3v) is 24.3. The number of amidine groups is 2. The number of hydrazone groups is 2. The van der Waals surface area contributed by atoms with E-state index in [9.17, 15) is 0 Å². The number of hydrazine groups is 2. The molecular formula is C84H160N18O2. The van der Waals surface area contributed by atoms with Gasteiger partial charge in [0.1, 0.15) is 11.6 Å². The van der Waals surface area contributed by atoms with Gasteiger partial charge in [0.25, 0.3) is 0 Å². The summed E-state index contributed by atoms with van der Waals surface area (Å²) >= 11 is 0. The second kappa shape index (κ2) is 28.5. The average molecular weight is 1450 g/mol. The van der Waals surface area contributed by atoms with Crippen LogP contribution in [0.5, 0.6) is 0 Å². The highest BCUT2D eigenvalue weighted by Gasteiger charge is 2.53. The number of unbranched alkanes of at least 4 members (excludes halogenated alkanes) is 3. The Bertz CT molecular complexity index is 2720. The van der Waals surface area contributed by atoms with Crippen molar-refractivity contribution in [3.8, 4) is 0 Å². The predicted molar refractivity (Wildman–Crippen MR) is 433 cm³/mol. The van der Waals surface area contributed by atoms with Gasteiger partial charge < -0.3 is 62.1 Å². The highest BCUT2D eigenvalue weighted by molar-refractivity contribution is 5.94. The second-order valence-electron chi connectivity index (χ2n) is 46.1. The summed E-state index contributed by atoms with van der Waals surface area (Å²) in [5.41, 5.74) is 6.55. The average Bonchev–Trinajstić information content (AvgIpc) is 0.787. The summed E-state index contributed by atoms with van der Waals surface area (Å²) in [6, 6.07) is 1.48. The van der Waals surface area contributed by atoms with Gasteiger partial charge >= 0.3 is 0 Å². The van der Waals surface area contributed by atoms with Crippen LogP contribution in [0.15, 0.2) is 34.0 Å². The molecular weight excluding hydrogens is 1290 g/mol. The molecule has 10 heterocycles. The Labute approximate surface area is 635 Å². The minimum absolute atomic E-state index is 0.0583. The molecule has 0 amide bonds. The van der Waals surface area contributed by atoms with Crippen molar-refractivity contribution in [2.24, 2.45) is 10.2 Å². The Balaban J connectivity index is 1.02. The summed E-state index contributed by atoms with van der Waals surface area (Å²) in [5.74, 6) is 4.19. The van der Waals surface area contributed by atoms with Crippen LogP contribution in [0.3, 0.4) is 0 Å². The molecule has 0 radical (unpaired) electrons. The maximum Gasteiger partial charge on any atom is 0.157 e. The molecule has 0 bridgehead atoms. The molecule has 0 atom stereocenters. The van der Waals surface area contributed by atoms with Crippen molar-refractivity contribution in [3.05, 3.63) is 23.8 Å². The topological polar surface area (TPSA) is 183 Å². The molecule has 10 N–H and O–H groups in total. The van der Waals surface area contributed by atoms with Crippen molar-refractivity contribution in [1.82, 2.24) is 83.5 Å². The summed E-state index contributed by atoms with van der Waals surface area (Å²) in [7, 11) is 0.